The number of carboxylic acids is 2. The van der Waals surface area contributed by atoms with Gasteiger partial charge >= 0.3 is 11.9 Å². The zero-order chi connectivity index (χ0) is 27.2. The minimum atomic E-state index is -0.935. The van der Waals surface area contributed by atoms with Crippen molar-refractivity contribution in [1.29, 1.82) is 0 Å². The average molecular weight is 539 g/mol. The maximum atomic E-state index is 10.3. The molecule has 0 aliphatic rings. The second-order valence-corrected chi connectivity index (χ2v) is 9.37. The van der Waals surface area contributed by atoms with Crippen molar-refractivity contribution in [3.8, 4) is 0 Å². The Bertz CT molecular complexity index is 416. The van der Waals surface area contributed by atoms with Gasteiger partial charge in [-0.2, -0.15) is 0 Å². The molecule has 0 aliphatic carbocycles. The Morgan fingerprint density at radius 2 is 0.829 bits per heavy atom. The summed E-state index contributed by atoms with van der Waals surface area (Å²) in [4.78, 5) is 19.9. The topological polar surface area (TPSA) is 115 Å². The summed E-state index contributed by atoms with van der Waals surface area (Å²) in [7, 11) is 0. The smallest absolute Gasteiger partial charge is 0.330 e. The van der Waals surface area contributed by atoms with Crippen LogP contribution in [0.15, 0.2) is 12.2 Å². The largest absolute Gasteiger partial charge is 0.481 e. The van der Waals surface area contributed by atoms with E-state index in [1.807, 2.05) is 0 Å². The van der Waals surface area contributed by atoms with Crippen molar-refractivity contribution in [2.24, 2.45) is 0 Å². The molecular weight excluding hydrogens is 480 g/mol. The number of aliphatic hydroxyl groups is 2. The van der Waals surface area contributed by atoms with Crippen LogP contribution in [0.1, 0.15) is 144 Å². The van der Waals surface area contributed by atoms with Crippen LogP contribution in [0.25, 0.3) is 0 Å². The fraction of sp³-hybridized carbons (Fsp3) is 0.857. The van der Waals surface area contributed by atoms with E-state index in [0.717, 1.165) is 12.8 Å². The quantitative estimate of drug-likeness (QED) is 0.0855. The molecule has 0 amide bonds. The molecule has 7 heteroatoms. The second-order valence-electron chi connectivity index (χ2n) is 9.37. The number of aliphatic hydroxyl groups excluding tert-OH is 2. The summed E-state index contributed by atoms with van der Waals surface area (Å²) < 4.78 is 0. The molecule has 0 saturated carbocycles. The maximum Gasteiger partial charge on any atom is 0.330 e. The first-order valence-corrected chi connectivity index (χ1v) is 13.3. The first-order valence-electron chi connectivity index (χ1n) is 13.3. The molecule has 0 radical (unpaired) electrons. The summed E-state index contributed by atoms with van der Waals surface area (Å²) in [6.07, 6.45) is 19.9. The molecule has 0 atom stereocenters. The van der Waals surface area contributed by atoms with Crippen LogP contribution in [0.5, 0.6) is 0 Å². The predicted molar refractivity (Wildman–Crippen MR) is 144 cm³/mol. The van der Waals surface area contributed by atoms with Gasteiger partial charge in [0.1, 0.15) is 0 Å². The molecule has 0 saturated heterocycles. The number of unbranched alkanes of at least 4 members (excludes halogenated alkanes) is 14. The van der Waals surface area contributed by atoms with Crippen molar-refractivity contribution in [3.63, 3.8) is 0 Å². The van der Waals surface area contributed by atoms with E-state index in [1.165, 1.54) is 90.4 Å². The number of hydrogen-bond donors (Lipinski definition) is 4. The molecule has 4 N–H and O–H groups in total. The SMILES string of the molecule is C=C(C)C(=O)O.CC(C)O.CC(C)O.CCCCCCCCCCCCCCCCCC(=O)O.[Ti]. The van der Waals surface area contributed by atoms with Crippen molar-refractivity contribution in [2.45, 2.75) is 156 Å². The van der Waals surface area contributed by atoms with Crippen LogP contribution < -0.4 is 0 Å². The zero-order valence-corrected chi connectivity index (χ0v) is 25.3. The number of aliphatic carboxylic acids is 2. The van der Waals surface area contributed by atoms with E-state index in [-0.39, 0.29) is 39.5 Å². The van der Waals surface area contributed by atoms with Crippen LogP contribution in [-0.2, 0) is 31.3 Å². The van der Waals surface area contributed by atoms with Gasteiger partial charge in [0.05, 0.1) is 0 Å². The maximum absolute atomic E-state index is 10.3. The Hall–Kier alpha value is -0.686. The predicted octanol–water partition coefficient (Wildman–Crippen LogP) is 7.75. The van der Waals surface area contributed by atoms with Gasteiger partial charge in [0.15, 0.2) is 0 Å². The van der Waals surface area contributed by atoms with Crippen molar-refractivity contribution >= 4 is 11.9 Å². The van der Waals surface area contributed by atoms with Crippen LogP contribution in [0, 0.1) is 0 Å². The average Bonchev–Trinajstić information content (AvgIpc) is 2.70. The fourth-order valence-corrected chi connectivity index (χ4v) is 2.65. The standard InChI is InChI=1S/C18H36O2.C4H6O2.2C3H8O.Ti/c1-2-3-4-5-6-7-8-9-10-11-12-13-14-15-16-17-18(19)20;1-3(2)4(5)6;2*1-3(2)4;/h2-17H2,1H3,(H,19,20);1H2,2H3,(H,5,6);2*3-4H,1-2H3;. The Morgan fingerprint density at radius 3 is 1.00 bits per heavy atom. The van der Waals surface area contributed by atoms with Crippen molar-refractivity contribution < 1.29 is 51.7 Å². The van der Waals surface area contributed by atoms with Crippen LogP contribution in [-0.4, -0.2) is 44.6 Å². The Kier molecular flexibility index (Phi) is 47.9. The van der Waals surface area contributed by atoms with Crippen molar-refractivity contribution in [3.05, 3.63) is 12.2 Å². The van der Waals surface area contributed by atoms with E-state index in [4.69, 9.17) is 20.4 Å². The summed E-state index contributed by atoms with van der Waals surface area (Å²) in [6.45, 7) is 13.8. The number of carboxylic acid groups (broad SMARTS) is 2. The van der Waals surface area contributed by atoms with Gasteiger partial charge < -0.3 is 20.4 Å². The molecule has 0 aromatic carbocycles. The van der Waals surface area contributed by atoms with Crippen molar-refractivity contribution in [1.82, 2.24) is 0 Å². The van der Waals surface area contributed by atoms with Crippen LogP contribution in [0.2, 0.25) is 0 Å². The van der Waals surface area contributed by atoms with Crippen molar-refractivity contribution in [2.75, 3.05) is 0 Å². The molecule has 35 heavy (non-hydrogen) atoms. The number of rotatable bonds is 17. The van der Waals surface area contributed by atoms with E-state index in [0.29, 0.717) is 6.42 Å². The van der Waals surface area contributed by atoms with Gasteiger partial charge in [0.2, 0.25) is 0 Å². The molecule has 0 bridgehead atoms. The van der Waals surface area contributed by atoms with Crippen LogP contribution >= 0.6 is 0 Å². The normalized spacial score (nSPS) is 9.54. The van der Waals surface area contributed by atoms with E-state index in [2.05, 4.69) is 13.5 Å². The third-order valence-electron chi connectivity index (χ3n) is 4.36. The molecular formula is C28H58O6Ti. The monoisotopic (exact) mass is 538 g/mol. The molecule has 0 heterocycles. The Labute approximate surface area is 231 Å². The molecule has 0 unspecified atom stereocenters. The van der Waals surface area contributed by atoms with E-state index in [9.17, 15) is 9.59 Å². The minimum absolute atomic E-state index is 0. The summed E-state index contributed by atoms with van der Waals surface area (Å²) in [6, 6.07) is 0. The molecule has 0 spiro atoms. The van der Waals surface area contributed by atoms with Gasteiger partial charge in [-0.05, 0) is 41.0 Å². The van der Waals surface area contributed by atoms with E-state index in [1.54, 1.807) is 27.7 Å². The third kappa shape index (κ3) is 79.2. The summed E-state index contributed by atoms with van der Waals surface area (Å²) >= 11 is 0. The fourth-order valence-electron chi connectivity index (χ4n) is 2.65. The van der Waals surface area contributed by atoms with Gasteiger partial charge in [-0.15, -0.1) is 0 Å². The van der Waals surface area contributed by atoms with E-state index >= 15 is 0 Å². The van der Waals surface area contributed by atoms with Gasteiger partial charge in [-0.3, -0.25) is 4.79 Å². The van der Waals surface area contributed by atoms with Gasteiger partial charge in [-0.25, -0.2) is 4.79 Å². The molecule has 6 nitrogen and oxygen atoms in total. The molecule has 0 aliphatic heterocycles. The zero-order valence-electron chi connectivity index (χ0n) is 23.8. The minimum Gasteiger partial charge on any atom is -0.481 e. The van der Waals surface area contributed by atoms with Crippen LogP contribution in [0.3, 0.4) is 0 Å². The summed E-state index contributed by atoms with van der Waals surface area (Å²) in [5, 5.41) is 32.5. The van der Waals surface area contributed by atoms with Crippen LogP contribution in [0.4, 0.5) is 0 Å². The third-order valence-corrected chi connectivity index (χ3v) is 4.36. The molecule has 0 rings (SSSR count). The molecule has 0 aromatic rings. The molecule has 0 aromatic heterocycles. The first kappa shape index (κ1) is 44.3. The molecule has 210 valence electrons. The summed E-state index contributed by atoms with van der Waals surface area (Å²) in [5.74, 6) is -1.59. The summed E-state index contributed by atoms with van der Waals surface area (Å²) in [5.41, 5.74) is 0.176. The second kappa shape index (κ2) is 37.9. The first-order chi connectivity index (χ1) is 15.9. The Morgan fingerprint density at radius 1 is 0.629 bits per heavy atom. The molecule has 0 fully saturated rings. The number of carbonyl (C=O) groups is 2. The number of hydrogen-bond acceptors (Lipinski definition) is 4. The van der Waals surface area contributed by atoms with Gasteiger partial charge in [0.25, 0.3) is 0 Å². The van der Waals surface area contributed by atoms with Gasteiger partial charge in [-0.1, -0.05) is 103 Å². The van der Waals surface area contributed by atoms with Gasteiger partial charge in [0, 0.05) is 45.9 Å². The Balaban J connectivity index is -0.000000163. The van der Waals surface area contributed by atoms with E-state index < -0.39 is 11.9 Å².